The van der Waals surface area contributed by atoms with Gasteiger partial charge in [0.25, 0.3) is 0 Å². The third kappa shape index (κ3) is 2.75. The average Bonchev–Trinajstić information content (AvgIpc) is 2.53. The molecule has 3 heteroatoms. The van der Waals surface area contributed by atoms with Gasteiger partial charge >= 0.3 is 0 Å². The van der Waals surface area contributed by atoms with E-state index < -0.39 is 5.41 Å². The number of allylic oxidation sites excluding steroid dienone is 4. The highest BCUT2D eigenvalue weighted by molar-refractivity contribution is 6.09. The number of nitriles is 1. The summed E-state index contributed by atoms with van der Waals surface area (Å²) >= 11 is 0. The summed E-state index contributed by atoms with van der Waals surface area (Å²) in [5.74, 6) is 3.67. The standard InChI is InChI=1S/C20H26N2O/c1-5-20-9-7-16(14(2)3)19(4,8-6-10-21)18(20)11-17(23)15(12-20)13-22/h1,11-12,14,16H,6-10,21H2,2-4H3/t16?,19?,20-/m0/s1. The largest absolute Gasteiger partial charge is 0.330 e. The van der Waals surface area contributed by atoms with Crippen LogP contribution in [0.2, 0.25) is 0 Å². The van der Waals surface area contributed by atoms with Crippen LogP contribution in [0.4, 0.5) is 0 Å². The van der Waals surface area contributed by atoms with Gasteiger partial charge < -0.3 is 5.73 Å². The predicted octanol–water partition coefficient (Wildman–Crippen LogP) is 3.38. The first-order chi connectivity index (χ1) is 10.8. The molecule has 0 amide bonds. The van der Waals surface area contributed by atoms with E-state index >= 15 is 0 Å². The Morgan fingerprint density at radius 3 is 2.74 bits per heavy atom. The molecule has 122 valence electrons. The van der Waals surface area contributed by atoms with Crippen LogP contribution < -0.4 is 5.73 Å². The summed E-state index contributed by atoms with van der Waals surface area (Å²) in [7, 11) is 0. The van der Waals surface area contributed by atoms with Crippen LogP contribution in [0.3, 0.4) is 0 Å². The van der Waals surface area contributed by atoms with Crippen molar-refractivity contribution in [3.8, 4) is 18.4 Å². The lowest BCUT2D eigenvalue weighted by Gasteiger charge is -2.53. The van der Waals surface area contributed by atoms with Gasteiger partial charge in [-0.15, -0.1) is 6.42 Å². The summed E-state index contributed by atoms with van der Waals surface area (Å²) in [6, 6.07) is 2.00. The Bertz CT molecular complexity index is 644. The van der Waals surface area contributed by atoms with Gasteiger partial charge in [0.15, 0.2) is 5.78 Å². The Labute approximate surface area is 139 Å². The number of rotatable bonds is 4. The lowest BCUT2D eigenvalue weighted by molar-refractivity contribution is -0.111. The average molecular weight is 310 g/mol. The number of nitrogens with zero attached hydrogens (tertiary/aromatic N) is 1. The molecule has 2 rings (SSSR count). The van der Waals surface area contributed by atoms with Gasteiger partial charge in [-0.05, 0) is 67.2 Å². The zero-order chi connectivity index (χ0) is 17.3. The lowest BCUT2D eigenvalue weighted by atomic mass is 9.50. The molecule has 0 bridgehead atoms. The monoisotopic (exact) mass is 310 g/mol. The molecule has 2 aliphatic carbocycles. The maximum Gasteiger partial charge on any atom is 0.196 e. The van der Waals surface area contributed by atoms with Crippen LogP contribution in [-0.2, 0) is 4.79 Å². The van der Waals surface area contributed by atoms with Gasteiger partial charge in [-0.2, -0.15) is 5.26 Å². The second-order valence-corrected chi connectivity index (χ2v) is 7.41. The molecule has 3 nitrogen and oxygen atoms in total. The van der Waals surface area contributed by atoms with E-state index in [1.807, 2.05) is 6.07 Å². The van der Waals surface area contributed by atoms with Crippen LogP contribution in [0.1, 0.15) is 46.5 Å². The highest BCUT2D eigenvalue weighted by Gasteiger charge is 2.52. The van der Waals surface area contributed by atoms with E-state index in [4.69, 9.17) is 12.2 Å². The molecule has 0 spiro atoms. The van der Waals surface area contributed by atoms with Crippen molar-refractivity contribution in [2.45, 2.75) is 46.5 Å². The van der Waals surface area contributed by atoms with E-state index in [0.717, 1.165) is 31.3 Å². The van der Waals surface area contributed by atoms with Crippen molar-refractivity contribution in [3.63, 3.8) is 0 Å². The third-order valence-electron chi connectivity index (χ3n) is 5.78. The summed E-state index contributed by atoms with van der Waals surface area (Å²) in [6.07, 6.45) is 12.9. The summed E-state index contributed by atoms with van der Waals surface area (Å²) < 4.78 is 0. The van der Waals surface area contributed by atoms with Gasteiger partial charge in [0.2, 0.25) is 0 Å². The maximum absolute atomic E-state index is 12.3. The van der Waals surface area contributed by atoms with E-state index in [2.05, 4.69) is 26.7 Å². The van der Waals surface area contributed by atoms with Gasteiger partial charge in [0.05, 0.1) is 11.0 Å². The van der Waals surface area contributed by atoms with E-state index in [0.29, 0.717) is 18.4 Å². The van der Waals surface area contributed by atoms with Crippen LogP contribution in [0.5, 0.6) is 0 Å². The van der Waals surface area contributed by atoms with Crippen molar-refractivity contribution in [2.75, 3.05) is 6.54 Å². The zero-order valence-electron chi connectivity index (χ0n) is 14.4. The molecule has 0 aromatic heterocycles. The highest BCUT2D eigenvalue weighted by atomic mass is 16.1. The molecule has 3 atom stereocenters. The lowest BCUT2D eigenvalue weighted by Crippen LogP contribution is -2.46. The number of hydrogen-bond acceptors (Lipinski definition) is 3. The van der Waals surface area contributed by atoms with Crippen LogP contribution in [-0.4, -0.2) is 12.3 Å². The summed E-state index contributed by atoms with van der Waals surface area (Å²) in [5, 5.41) is 9.22. The first-order valence-corrected chi connectivity index (χ1v) is 8.42. The Hall–Kier alpha value is -1.84. The molecule has 0 aromatic carbocycles. The van der Waals surface area contributed by atoms with E-state index in [9.17, 15) is 10.1 Å². The smallest absolute Gasteiger partial charge is 0.196 e. The number of hydrogen-bond donors (Lipinski definition) is 1. The topological polar surface area (TPSA) is 66.9 Å². The quantitative estimate of drug-likeness (QED) is 0.809. The Morgan fingerprint density at radius 2 is 2.22 bits per heavy atom. The van der Waals surface area contributed by atoms with Crippen LogP contribution in [0, 0.1) is 46.3 Å². The van der Waals surface area contributed by atoms with Crippen LogP contribution in [0.25, 0.3) is 0 Å². The molecule has 2 unspecified atom stereocenters. The minimum absolute atomic E-state index is 0.148. The molecular formula is C20H26N2O. The first kappa shape index (κ1) is 17.5. The van der Waals surface area contributed by atoms with Gasteiger partial charge in [-0.25, -0.2) is 0 Å². The Balaban J connectivity index is 2.59. The summed E-state index contributed by atoms with van der Waals surface area (Å²) in [4.78, 5) is 12.3. The molecule has 0 radical (unpaired) electrons. The predicted molar refractivity (Wildman–Crippen MR) is 92.0 cm³/mol. The SMILES string of the molecule is C#C[C@]12C=C(C#N)C(=O)C=C1C(C)(CCCN)C(C(C)C)CC2. The molecule has 0 heterocycles. The fraction of sp³-hybridized carbons (Fsp3) is 0.600. The maximum atomic E-state index is 12.3. The van der Waals surface area contributed by atoms with Crippen LogP contribution >= 0.6 is 0 Å². The molecular weight excluding hydrogens is 284 g/mol. The minimum atomic E-state index is -0.590. The van der Waals surface area contributed by atoms with E-state index in [-0.39, 0.29) is 16.8 Å². The summed E-state index contributed by atoms with van der Waals surface area (Å²) in [6.45, 7) is 7.32. The van der Waals surface area contributed by atoms with Crippen molar-refractivity contribution in [3.05, 3.63) is 23.3 Å². The Morgan fingerprint density at radius 1 is 1.52 bits per heavy atom. The minimum Gasteiger partial charge on any atom is -0.330 e. The zero-order valence-corrected chi connectivity index (χ0v) is 14.4. The second-order valence-electron chi connectivity index (χ2n) is 7.41. The third-order valence-corrected chi connectivity index (χ3v) is 5.78. The van der Waals surface area contributed by atoms with Crippen molar-refractivity contribution in [2.24, 2.45) is 28.4 Å². The fourth-order valence-electron chi connectivity index (χ4n) is 4.65. The molecule has 1 saturated carbocycles. The number of terminal acetylenes is 1. The van der Waals surface area contributed by atoms with E-state index in [1.54, 1.807) is 12.2 Å². The van der Waals surface area contributed by atoms with Crippen molar-refractivity contribution in [1.29, 1.82) is 5.26 Å². The van der Waals surface area contributed by atoms with Crippen molar-refractivity contribution in [1.82, 2.24) is 0 Å². The van der Waals surface area contributed by atoms with Gasteiger partial charge in [0, 0.05) is 0 Å². The van der Waals surface area contributed by atoms with Crippen molar-refractivity contribution >= 4 is 5.78 Å². The second kappa shape index (κ2) is 6.34. The normalized spacial score (nSPS) is 33.3. The molecule has 0 saturated heterocycles. The molecule has 23 heavy (non-hydrogen) atoms. The van der Waals surface area contributed by atoms with Crippen LogP contribution in [0.15, 0.2) is 23.3 Å². The Kier molecular flexibility index (Phi) is 4.83. The molecule has 0 aromatic rings. The first-order valence-electron chi connectivity index (χ1n) is 8.42. The molecule has 2 N–H and O–H groups in total. The van der Waals surface area contributed by atoms with Gasteiger partial charge in [0.1, 0.15) is 6.07 Å². The van der Waals surface area contributed by atoms with Gasteiger partial charge in [-0.1, -0.05) is 26.7 Å². The van der Waals surface area contributed by atoms with E-state index in [1.165, 1.54) is 0 Å². The molecule has 1 fully saturated rings. The van der Waals surface area contributed by atoms with Gasteiger partial charge in [-0.3, -0.25) is 4.79 Å². The number of nitrogens with two attached hydrogens (primary N) is 1. The van der Waals surface area contributed by atoms with Crippen molar-refractivity contribution < 1.29 is 4.79 Å². The fourth-order valence-corrected chi connectivity index (χ4v) is 4.65. The molecule has 0 aliphatic heterocycles. The number of carbonyl (C=O) groups excluding carboxylic acids is 1. The number of carbonyl (C=O) groups is 1. The number of ketones is 1. The number of fused-ring (bicyclic) bond motifs is 1. The molecule has 2 aliphatic rings. The highest BCUT2D eigenvalue weighted by Crippen LogP contribution is 2.59. The summed E-state index contributed by atoms with van der Waals surface area (Å²) in [5.41, 5.74) is 6.21.